The van der Waals surface area contributed by atoms with Gasteiger partial charge in [-0.25, -0.2) is 0 Å². The summed E-state index contributed by atoms with van der Waals surface area (Å²) in [6.07, 6.45) is 7.05. The molecule has 0 unspecified atom stereocenters. The molecular formula is C19H14N4O. The van der Waals surface area contributed by atoms with Crippen LogP contribution in [0.4, 0.5) is 0 Å². The number of aromatic amines is 2. The third kappa shape index (κ3) is 2.63. The molecule has 116 valence electrons. The molecule has 0 saturated heterocycles. The summed E-state index contributed by atoms with van der Waals surface area (Å²) in [6, 6.07) is 15.4. The molecule has 4 rings (SSSR count). The highest BCUT2D eigenvalue weighted by molar-refractivity contribution is 5.81. The molecule has 0 radical (unpaired) electrons. The first kappa shape index (κ1) is 14.1. The van der Waals surface area contributed by atoms with Gasteiger partial charge < -0.3 is 4.98 Å². The van der Waals surface area contributed by atoms with E-state index < -0.39 is 0 Å². The Labute approximate surface area is 138 Å². The lowest BCUT2D eigenvalue weighted by Gasteiger charge is -2.05. The van der Waals surface area contributed by atoms with Crippen LogP contribution in [-0.2, 0) is 0 Å². The zero-order chi connectivity index (χ0) is 16.4. The van der Waals surface area contributed by atoms with E-state index in [0.717, 1.165) is 33.5 Å². The SMILES string of the molecule is O=c1cc(-c2ccc(-c3c[nH]nc3-c3ccncc3)cc2)cc[nH]1. The van der Waals surface area contributed by atoms with Gasteiger partial charge in [0.1, 0.15) is 0 Å². The van der Waals surface area contributed by atoms with Crippen LogP contribution in [0.2, 0.25) is 0 Å². The van der Waals surface area contributed by atoms with Crippen molar-refractivity contribution >= 4 is 0 Å². The molecular weight excluding hydrogens is 300 g/mol. The molecule has 4 aromatic rings. The van der Waals surface area contributed by atoms with E-state index >= 15 is 0 Å². The number of benzene rings is 1. The molecule has 0 spiro atoms. The van der Waals surface area contributed by atoms with Gasteiger partial charge in [-0.1, -0.05) is 24.3 Å². The maximum absolute atomic E-state index is 11.4. The van der Waals surface area contributed by atoms with E-state index in [4.69, 9.17) is 0 Å². The molecule has 3 heterocycles. The monoisotopic (exact) mass is 314 g/mol. The van der Waals surface area contributed by atoms with Gasteiger partial charge in [0.25, 0.3) is 0 Å². The lowest BCUT2D eigenvalue weighted by Crippen LogP contribution is -2.01. The maximum Gasteiger partial charge on any atom is 0.248 e. The van der Waals surface area contributed by atoms with Gasteiger partial charge in [0, 0.05) is 42.0 Å². The number of aromatic nitrogens is 4. The Morgan fingerprint density at radius 1 is 0.792 bits per heavy atom. The molecule has 0 saturated carbocycles. The smallest absolute Gasteiger partial charge is 0.248 e. The van der Waals surface area contributed by atoms with E-state index in [1.165, 1.54) is 0 Å². The number of nitrogens with zero attached hydrogens (tertiary/aromatic N) is 2. The van der Waals surface area contributed by atoms with Crippen LogP contribution in [0.15, 0.2) is 78.1 Å². The molecule has 0 bridgehead atoms. The Hall–Kier alpha value is -3.47. The minimum atomic E-state index is -0.105. The molecule has 2 N–H and O–H groups in total. The minimum absolute atomic E-state index is 0.105. The second-order valence-corrected chi connectivity index (χ2v) is 5.40. The van der Waals surface area contributed by atoms with Gasteiger partial charge in [-0.15, -0.1) is 0 Å². The Kier molecular flexibility index (Phi) is 3.51. The summed E-state index contributed by atoms with van der Waals surface area (Å²) in [6.45, 7) is 0. The summed E-state index contributed by atoms with van der Waals surface area (Å²) in [7, 11) is 0. The molecule has 0 aliphatic heterocycles. The Bertz CT molecular complexity index is 1020. The summed E-state index contributed by atoms with van der Waals surface area (Å²) in [5.74, 6) is 0. The largest absolute Gasteiger partial charge is 0.329 e. The van der Waals surface area contributed by atoms with Crippen molar-refractivity contribution in [3.05, 3.63) is 83.7 Å². The lowest BCUT2D eigenvalue weighted by atomic mass is 9.99. The first-order valence-corrected chi connectivity index (χ1v) is 7.55. The van der Waals surface area contributed by atoms with E-state index in [-0.39, 0.29) is 5.56 Å². The summed E-state index contributed by atoms with van der Waals surface area (Å²) in [5.41, 5.74) is 5.78. The third-order valence-electron chi connectivity index (χ3n) is 3.90. The van der Waals surface area contributed by atoms with E-state index in [0.29, 0.717) is 0 Å². The van der Waals surface area contributed by atoms with Crippen LogP contribution in [0.1, 0.15) is 0 Å². The van der Waals surface area contributed by atoms with E-state index in [1.54, 1.807) is 24.7 Å². The highest BCUT2D eigenvalue weighted by atomic mass is 16.1. The van der Waals surface area contributed by atoms with Gasteiger partial charge in [-0.2, -0.15) is 5.10 Å². The van der Waals surface area contributed by atoms with Crippen LogP contribution in [0.5, 0.6) is 0 Å². The van der Waals surface area contributed by atoms with Crippen molar-refractivity contribution in [3.63, 3.8) is 0 Å². The maximum atomic E-state index is 11.4. The van der Waals surface area contributed by atoms with Gasteiger partial charge in [0.2, 0.25) is 5.56 Å². The molecule has 1 aromatic carbocycles. The number of rotatable bonds is 3. The predicted octanol–water partition coefficient (Wildman–Crippen LogP) is 3.49. The van der Waals surface area contributed by atoms with Gasteiger partial charge >= 0.3 is 0 Å². The summed E-state index contributed by atoms with van der Waals surface area (Å²) >= 11 is 0. The fraction of sp³-hybridized carbons (Fsp3) is 0. The zero-order valence-electron chi connectivity index (χ0n) is 12.7. The molecule has 0 atom stereocenters. The van der Waals surface area contributed by atoms with Gasteiger partial charge in [-0.05, 0) is 34.9 Å². The Balaban J connectivity index is 1.72. The van der Waals surface area contributed by atoms with E-state index in [9.17, 15) is 4.79 Å². The standard InChI is InChI=1S/C19H14N4O/c24-18-11-16(7-10-21-18)13-1-3-14(4-2-13)17-12-22-23-19(17)15-5-8-20-9-6-15/h1-12H,(H,21,24)(H,22,23). The average Bonchev–Trinajstić information content (AvgIpc) is 3.12. The van der Waals surface area contributed by atoms with Crippen molar-refractivity contribution in [2.24, 2.45) is 0 Å². The molecule has 5 heteroatoms. The van der Waals surface area contributed by atoms with Gasteiger partial charge in [0.15, 0.2) is 0 Å². The van der Waals surface area contributed by atoms with E-state index in [2.05, 4.69) is 20.2 Å². The van der Waals surface area contributed by atoms with Crippen molar-refractivity contribution in [2.75, 3.05) is 0 Å². The number of pyridine rings is 2. The van der Waals surface area contributed by atoms with Crippen LogP contribution in [-0.4, -0.2) is 20.2 Å². The second-order valence-electron chi connectivity index (χ2n) is 5.40. The van der Waals surface area contributed by atoms with Crippen molar-refractivity contribution in [3.8, 4) is 33.5 Å². The highest BCUT2D eigenvalue weighted by Gasteiger charge is 2.10. The minimum Gasteiger partial charge on any atom is -0.329 e. The molecule has 3 aromatic heterocycles. The first-order valence-electron chi connectivity index (χ1n) is 7.55. The van der Waals surface area contributed by atoms with Gasteiger partial charge in [0.05, 0.1) is 5.69 Å². The van der Waals surface area contributed by atoms with Crippen LogP contribution < -0.4 is 5.56 Å². The molecule has 0 aliphatic rings. The second kappa shape index (κ2) is 5.96. The van der Waals surface area contributed by atoms with Crippen LogP contribution in [0, 0.1) is 0 Å². The fourth-order valence-electron chi connectivity index (χ4n) is 2.71. The topological polar surface area (TPSA) is 74.4 Å². The molecule has 24 heavy (non-hydrogen) atoms. The Morgan fingerprint density at radius 3 is 2.29 bits per heavy atom. The lowest BCUT2D eigenvalue weighted by molar-refractivity contribution is 1.09. The molecule has 0 aliphatic carbocycles. The first-order chi connectivity index (χ1) is 11.8. The molecule has 5 nitrogen and oxygen atoms in total. The fourth-order valence-corrected chi connectivity index (χ4v) is 2.71. The van der Waals surface area contributed by atoms with Crippen LogP contribution in [0.3, 0.4) is 0 Å². The summed E-state index contributed by atoms with van der Waals surface area (Å²) in [5, 5.41) is 7.29. The number of nitrogens with one attached hydrogen (secondary N) is 2. The zero-order valence-corrected chi connectivity index (χ0v) is 12.7. The van der Waals surface area contributed by atoms with Crippen molar-refractivity contribution in [2.45, 2.75) is 0 Å². The average molecular weight is 314 g/mol. The quantitative estimate of drug-likeness (QED) is 0.608. The van der Waals surface area contributed by atoms with Crippen molar-refractivity contribution < 1.29 is 0 Å². The van der Waals surface area contributed by atoms with Crippen LogP contribution in [0.25, 0.3) is 33.5 Å². The molecule has 0 fully saturated rings. The van der Waals surface area contributed by atoms with Crippen LogP contribution >= 0.6 is 0 Å². The Morgan fingerprint density at radius 2 is 1.54 bits per heavy atom. The number of hydrogen-bond donors (Lipinski definition) is 2. The summed E-state index contributed by atoms with van der Waals surface area (Å²) in [4.78, 5) is 18.1. The van der Waals surface area contributed by atoms with E-state index in [1.807, 2.05) is 48.7 Å². The summed E-state index contributed by atoms with van der Waals surface area (Å²) < 4.78 is 0. The third-order valence-corrected chi connectivity index (χ3v) is 3.90. The van der Waals surface area contributed by atoms with Gasteiger partial charge in [-0.3, -0.25) is 14.9 Å². The predicted molar refractivity (Wildman–Crippen MR) is 93.3 cm³/mol. The van der Waals surface area contributed by atoms with Crippen molar-refractivity contribution in [1.29, 1.82) is 0 Å². The normalized spacial score (nSPS) is 10.7. The number of H-pyrrole nitrogens is 2. The van der Waals surface area contributed by atoms with Crippen molar-refractivity contribution in [1.82, 2.24) is 20.2 Å². The number of hydrogen-bond acceptors (Lipinski definition) is 3. The highest BCUT2D eigenvalue weighted by Crippen LogP contribution is 2.31. The molecule has 0 amide bonds.